The molecule has 5 fully saturated rings. The Labute approximate surface area is 281 Å². The van der Waals surface area contributed by atoms with Crippen molar-refractivity contribution < 1.29 is 23.9 Å². The molecule has 0 aromatic carbocycles. The summed E-state index contributed by atoms with van der Waals surface area (Å²) in [5, 5.41) is 13.9. The summed E-state index contributed by atoms with van der Waals surface area (Å²) < 4.78 is 12.2. The van der Waals surface area contributed by atoms with Gasteiger partial charge >= 0.3 is 5.97 Å². The lowest BCUT2D eigenvalue weighted by Gasteiger charge is -2.45. The highest BCUT2D eigenvalue weighted by molar-refractivity contribution is 6.23. The molecular weight excluding hydrogens is 596 g/mol. The molecule has 5 rings (SSSR count). The van der Waals surface area contributed by atoms with Crippen molar-refractivity contribution in [3.05, 3.63) is 11.6 Å². The van der Waals surface area contributed by atoms with E-state index in [0.717, 1.165) is 102 Å². The van der Waals surface area contributed by atoms with E-state index in [1.54, 1.807) is 7.05 Å². The van der Waals surface area contributed by atoms with E-state index in [2.05, 4.69) is 47.0 Å². The minimum atomic E-state index is -1.83. The van der Waals surface area contributed by atoms with Gasteiger partial charge in [-0.25, -0.2) is 4.79 Å². The molecule has 8 atom stereocenters. The lowest BCUT2D eigenvalue weighted by molar-refractivity contribution is -0.159. The Kier molecular flexibility index (Phi) is 11.8. The summed E-state index contributed by atoms with van der Waals surface area (Å²) in [6.07, 6.45) is 12.8. The maximum Gasteiger partial charge on any atom is 0.349 e. The number of hydrogen-bond donors (Lipinski definition) is 5. The largest absolute Gasteiger partial charge is 0.463 e. The Balaban J connectivity index is 1.39. The second-order valence-corrected chi connectivity index (χ2v) is 14.8. The number of piperidine rings is 1. The van der Waals surface area contributed by atoms with Gasteiger partial charge in [-0.15, -0.1) is 0 Å². The zero-order chi connectivity index (χ0) is 33.7. The van der Waals surface area contributed by atoms with Crippen molar-refractivity contribution in [3.8, 4) is 0 Å². The number of carbonyl (C=O) groups is 3. The molecule has 2 aliphatic carbocycles. The number of ketones is 2. The highest BCUT2D eigenvalue weighted by atomic mass is 16.7. The summed E-state index contributed by atoms with van der Waals surface area (Å²) >= 11 is 0. The van der Waals surface area contributed by atoms with Crippen LogP contribution in [0.3, 0.4) is 0 Å². The molecule has 8 unspecified atom stereocenters. The summed E-state index contributed by atoms with van der Waals surface area (Å²) in [6, 6.07) is 0. The monoisotopic (exact) mass is 656 g/mol. The van der Waals surface area contributed by atoms with E-state index in [-0.39, 0.29) is 48.1 Å². The molecule has 0 aromatic heterocycles. The number of ether oxygens (including phenoxy) is 2. The Morgan fingerprint density at radius 2 is 1.91 bits per heavy atom. The summed E-state index contributed by atoms with van der Waals surface area (Å²) in [6.45, 7) is 9.76. The zero-order valence-electron chi connectivity index (χ0n) is 29.3. The van der Waals surface area contributed by atoms with Gasteiger partial charge in [0.1, 0.15) is 0 Å². The average Bonchev–Trinajstić information content (AvgIpc) is 3.83. The minimum Gasteiger partial charge on any atom is -0.463 e. The van der Waals surface area contributed by atoms with Gasteiger partial charge in [0, 0.05) is 49.9 Å². The van der Waals surface area contributed by atoms with Gasteiger partial charge in [-0.1, -0.05) is 51.2 Å². The number of aliphatic imine (C=N–C) groups is 1. The number of unbranched alkanes of at least 4 members (excludes halogenated alkanes) is 1. The van der Waals surface area contributed by atoms with Gasteiger partial charge in [0.25, 0.3) is 5.60 Å². The van der Waals surface area contributed by atoms with Crippen molar-refractivity contribution in [1.29, 1.82) is 0 Å². The smallest absolute Gasteiger partial charge is 0.349 e. The van der Waals surface area contributed by atoms with Crippen LogP contribution in [0.2, 0.25) is 0 Å². The van der Waals surface area contributed by atoms with E-state index in [1.807, 2.05) is 6.08 Å². The summed E-state index contributed by atoms with van der Waals surface area (Å²) in [4.78, 5) is 47.0. The number of nitrogens with zero attached hydrogens (tertiary/aromatic N) is 1. The fourth-order valence-corrected chi connectivity index (χ4v) is 9.01. The molecule has 11 nitrogen and oxygen atoms in total. The second kappa shape index (κ2) is 15.5. The molecule has 3 aliphatic heterocycles. The first-order chi connectivity index (χ1) is 22.7. The summed E-state index contributed by atoms with van der Waals surface area (Å²) in [5.74, 6) is -0.611. The van der Waals surface area contributed by atoms with Crippen molar-refractivity contribution in [2.75, 3.05) is 39.8 Å². The van der Waals surface area contributed by atoms with Gasteiger partial charge in [0.15, 0.2) is 23.1 Å². The Morgan fingerprint density at radius 1 is 1.15 bits per heavy atom. The number of esters is 1. The quantitative estimate of drug-likeness (QED) is 0.0814. The van der Waals surface area contributed by atoms with Crippen molar-refractivity contribution in [2.24, 2.45) is 34.4 Å². The summed E-state index contributed by atoms with van der Waals surface area (Å²) in [7, 11) is 1.79. The van der Waals surface area contributed by atoms with E-state index in [0.29, 0.717) is 18.8 Å². The molecule has 47 heavy (non-hydrogen) atoms. The maximum absolute atomic E-state index is 14.3. The topological polar surface area (TPSA) is 159 Å². The predicted octanol–water partition coefficient (Wildman–Crippen LogP) is 3.12. The number of carbonyl (C=O) groups excluding carboxylic acids is 3. The van der Waals surface area contributed by atoms with E-state index >= 15 is 0 Å². The van der Waals surface area contributed by atoms with Gasteiger partial charge in [-0.05, 0) is 77.3 Å². The Bertz CT molecular complexity index is 1200. The average molecular weight is 657 g/mol. The van der Waals surface area contributed by atoms with Crippen LogP contribution in [0.15, 0.2) is 16.6 Å². The fraction of sp³-hybridized carbons (Fsp3) is 0.833. The lowest BCUT2D eigenvalue weighted by Crippen LogP contribution is -2.59. The SMILES string of the molecule is CCCCC(CNCC)COC(=O)C12OC1(CC=C(C)CC1(C3CCNC(N)C3)CCCNC(=NC)N1)C(=O)C1CCCCC1C2=O. The van der Waals surface area contributed by atoms with E-state index < -0.39 is 23.1 Å². The van der Waals surface area contributed by atoms with Crippen LogP contribution in [-0.4, -0.2) is 86.2 Å². The van der Waals surface area contributed by atoms with Crippen LogP contribution in [0, 0.1) is 23.7 Å². The molecule has 0 amide bonds. The molecule has 6 N–H and O–H groups in total. The number of epoxide rings is 1. The maximum atomic E-state index is 14.3. The van der Waals surface area contributed by atoms with Gasteiger partial charge < -0.3 is 36.5 Å². The molecule has 3 heterocycles. The minimum absolute atomic E-state index is 0.0612. The predicted molar refractivity (Wildman–Crippen MR) is 183 cm³/mol. The van der Waals surface area contributed by atoms with Crippen LogP contribution >= 0.6 is 0 Å². The molecule has 3 saturated heterocycles. The van der Waals surface area contributed by atoms with Crippen molar-refractivity contribution >= 4 is 23.5 Å². The third-order valence-corrected chi connectivity index (χ3v) is 11.7. The fourth-order valence-electron chi connectivity index (χ4n) is 9.01. The van der Waals surface area contributed by atoms with Gasteiger partial charge in [-0.3, -0.25) is 14.6 Å². The molecular formula is C36H60N6O5. The first kappa shape index (κ1) is 36.0. The van der Waals surface area contributed by atoms with Crippen LogP contribution < -0.4 is 27.0 Å². The zero-order valence-corrected chi connectivity index (χ0v) is 29.3. The molecule has 0 spiro atoms. The molecule has 11 heteroatoms. The Hall–Kier alpha value is -2.34. The summed E-state index contributed by atoms with van der Waals surface area (Å²) in [5.41, 5.74) is 3.89. The van der Waals surface area contributed by atoms with E-state index in [4.69, 9.17) is 15.2 Å². The van der Waals surface area contributed by atoms with Crippen molar-refractivity contribution in [2.45, 2.75) is 127 Å². The van der Waals surface area contributed by atoms with Gasteiger partial charge in [0.2, 0.25) is 0 Å². The third-order valence-electron chi connectivity index (χ3n) is 11.7. The molecule has 0 bridgehead atoms. The normalized spacial score (nSPS) is 37.2. The number of nitrogens with one attached hydrogen (secondary N) is 4. The first-order valence-corrected chi connectivity index (χ1v) is 18.5. The standard InChI is InChI=1S/C36H60N6O5/c1-5-7-11-25(22-39-6-2)23-46-32(45)36-31(44)28-13-9-8-12-27(28)30(43)35(36,47-36)17-14-24(3)21-34(26-15-19-40-29(37)20-26)16-10-18-41-33(38-4)42-34/h14,25-29,39-40H,5-13,15-23,37H2,1-4H3,(H2,38,41,42). The van der Waals surface area contributed by atoms with Crippen LogP contribution in [0.4, 0.5) is 0 Å². The number of guanidine groups is 1. The number of rotatable bonds is 14. The van der Waals surface area contributed by atoms with Crippen LogP contribution in [0.5, 0.6) is 0 Å². The van der Waals surface area contributed by atoms with E-state index in [1.165, 1.54) is 0 Å². The third kappa shape index (κ3) is 7.19. The number of hydrogen-bond acceptors (Lipinski definition) is 9. The van der Waals surface area contributed by atoms with Crippen LogP contribution in [-0.2, 0) is 23.9 Å². The van der Waals surface area contributed by atoms with Crippen LogP contribution in [0.1, 0.15) is 104 Å². The molecule has 0 radical (unpaired) electrons. The highest BCUT2D eigenvalue weighted by Gasteiger charge is 2.86. The lowest BCUT2D eigenvalue weighted by atomic mass is 9.61. The van der Waals surface area contributed by atoms with E-state index in [9.17, 15) is 14.4 Å². The highest BCUT2D eigenvalue weighted by Crippen LogP contribution is 2.61. The van der Waals surface area contributed by atoms with Crippen LogP contribution in [0.25, 0.3) is 0 Å². The second-order valence-electron chi connectivity index (χ2n) is 14.8. The number of fused-ring (bicyclic) bond motifs is 2. The van der Waals surface area contributed by atoms with Crippen molar-refractivity contribution in [3.63, 3.8) is 0 Å². The molecule has 0 aromatic rings. The van der Waals surface area contributed by atoms with Crippen molar-refractivity contribution in [1.82, 2.24) is 21.3 Å². The molecule has 264 valence electrons. The van der Waals surface area contributed by atoms with Gasteiger partial charge in [-0.2, -0.15) is 0 Å². The molecule has 5 aliphatic rings. The molecule has 2 saturated carbocycles. The number of nitrogens with two attached hydrogens (primary N) is 1. The first-order valence-electron chi connectivity index (χ1n) is 18.5. The Morgan fingerprint density at radius 3 is 2.62 bits per heavy atom. The van der Waals surface area contributed by atoms with Gasteiger partial charge in [0.05, 0.1) is 12.8 Å². The number of Topliss-reactive ketones (excluding diaryl/α,β-unsaturated/α-hetero) is 2.